The van der Waals surface area contributed by atoms with Gasteiger partial charge in [-0.05, 0) is 29.8 Å². The van der Waals surface area contributed by atoms with Gasteiger partial charge in [-0.15, -0.1) is 6.58 Å². The summed E-state index contributed by atoms with van der Waals surface area (Å²) in [5, 5.41) is 0. The second kappa shape index (κ2) is 7.11. The van der Waals surface area contributed by atoms with Gasteiger partial charge < -0.3 is 4.57 Å². The zero-order chi connectivity index (χ0) is 19.7. The van der Waals surface area contributed by atoms with E-state index in [1.807, 2.05) is 6.07 Å². The molecule has 6 nitrogen and oxygen atoms in total. The summed E-state index contributed by atoms with van der Waals surface area (Å²) < 4.78 is 17.7. The van der Waals surface area contributed by atoms with Crippen LogP contribution in [0.5, 0.6) is 0 Å². The van der Waals surface area contributed by atoms with Gasteiger partial charge in [0.1, 0.15) is 5.82 Å². The third kappa shape index (κ3) is 2.96. The molecule has 0 aliphatic carbocycles. The molecule has 0 unspecified atom stereocenters. The molecule has 2 aromatic heterocycles. The molecule has 0 bridgehead atoms. The first kappa shape index (κ1) is 17.7. The van der Waals surface area contributed by atoms with Crippen molar-refractivity contribution >= 4 is 11.2 Å². The lowest BCUT2D eigenvalue weighted by atomic mass is 10.2. The molecule has 0 fully saturated rings. The minimum Gasteiger partial charge on any atom is -0.320 e. The highest BCUT2D eigenvalue weighted by molar-refractivity contribution is 5.72. The number of rotatable bonds is 5. The standard InChI is InChI=1S/C21H17FN4O2/c1-2-11-25-20(27)18-19(26(21(25)28)17-9-4-3-5-10-17)23-14-24(18)13-15-7-6-8-16(22)12-15/h2-10,12,14H,1,11,13H2. The predicted octanol–water partition coefficient (Wildman–Crippen LogP) is 2.72. The van der Waals surface area contributed by atoms with Crippen LogP contribution >= 0.6 is 0 Å². The van der Waals surface area contributed by atoms with E-state index in [2.05, 4.69) is 11.6 Å². The SMILES string of the molecule is C=CCn1c(=O)c2c(ncn2Cc2cccc(F)c2)n(-c2ccccc2)c1=O. The largest absolute Gasteiger partial charge is 0.337 e. The monoisotopic (exact) mass is 376 g/mol. The summed E-state index contributed by atoms with van der Waals surface area (Å²) in [6.07, 6.45) is 2.99. The molecule has 28 heavy (non-hydrogen) atoms. The highest BCUT2D eigenvalue weighted by Gasteiger charge is 2.18. The van der Waals surface area contributed by atoms with Crippen LogP contribution in [0.4, 0.5) is 4.39 Å². The van der Waals surface area contributed by atoms with Gasteiger partial charge in [-0.25, -0.2) is 18.7 Å². The number of hydrogen-bond acceptors (Lipinski definition) is 3. The predicted molar refractivity (Wildman–Crippen MR) is 105 cm³/mol. The molecule has 4 rings (SSSR count). The summed E-state index contributed by atoms with van der Waals surface area (Å²) in [6.45, 7) is 3.97. The molecule has 0 aliphatic heterocycles. The number of imidazole rings is 1. The number of halogens is 1. The minimum absolute atomic E-state index is 0.0750. The van der Waals surface area contributed by atoms with Crippen molar-refractivity contribution in [1.82, 2.24) is 18.7 Å². The molecule has 4 aromatic rings. The number of hydrogen-bond donors (Lipinski definition) is 0. The number of aromatic nitrogens is 4. The quantitative estimate of drug-likeness (QED) is 0.503. The van der Waals surface area contributed by atoms with Crippen molar-refractivity contribution in [3.05, 3.63) is 106 Å². The van der Waals surface area contributed by atoms with Crippen molar-refractivity contribution in [3.63, 3.8) is 0 Å². The van der Waals surface area contributed by atoms with E-state index in [1.165, 1.54) is 29.1 Å². The van der Waals surface area contributed by atoms with E-state index in [0.29, 0.717) is 11.3 Å². The molecule has 0 N–H and O–H groups in total. The number of fused-ring (bicyclic) bond motifs is 1. The number of benzene rings is 2. The fourth-order valence-electron chi connectivity index (χ4n) is 3.23. The molecule has 7 heteroatoms. The average molecular weight is 376 g/mol. The van der Waals surface area contributed by atoms with Crippen molar-refractivity contribution in [3.8, 4) is 5.69 Å². The third-order valence-corrected chi connectivity index (χ3v) is 4.47. The summed E-state index contributed by atoms with van der Waals surface area (Å²) in [7, 11) is 0. The van der Waals surface area contributed by atoms with Crippen LogP contribution in [0.15, 0.2) is 83.2 Å². The van der Waals surface area contributed by atoms with Gasteiger partial charge >= 0.3 is 5.69 Å². The Morgan fingerprint density at radius 1 is 1.07 bits per heavy atom. The van der Waals surface area contributed by atoms with Crippen molar-refractivity contribution < 1.29 is 4.39 Å². The second-order valence-electron chi connectivity index (χ2n) is 6.33. The van der Waals surface area contributed by atoms with E-state index in [0.717, 1.165) is 4.57 Å². The molecule has 2 heterocycles. The maximum atomic E-state index is 13.5. The Balaban J connectivity index is 2.00. The summed E-state index contributed by atoms with van der Waals surface area (Å²) in [5.41, 5.74) is 0.880. The Hall–Kier alpha value is -3.74. The smallest absolute Gasteiger partial charge is 0.320 e. The van der Waals surface area contributed by atoms with Crippen LogP contribution < -0.4 is 11.2 Å². The molecule has 0 amide bonds. The number of allylic oxidation sites excluding steroid dienone is 1. The lowest BCUT2D eigenvalue weighted by molar-refractivity contribution is 0.623. The second-order valence-corrected chi connectivity index (χ2v) is 6.33. The van der Waals surface area contributed by atoms with Crippen LogP contribution in [0.25, 0.3) is 16.9 Å². The van der Waals surface area contributed by atoms with Gasteiger partial charge in [0.2, 0.25) is 0 Å². The van der Waals surface area contributed by atoms with Crippen molar-refractivity contribution in [2.45, 2.75) is 13.1 Å². The first-order valence-corrected chi connectivity index (χ1v) is 8.71. The van der Waals surface area contributed by atoms with Crippen molar-refractivity contribution in [2.75, 3.05) is 0 Å². The van der Waals surface area contributed by atoms with E-state index >= 15 is 0 Å². The van der Waals surface area contributed by atoms with Crippen LogP contribution in [0.3, 0.4) is 0 Å². The van der Waals surface area contributed by atoms with Gasteiger partial charge in [0.15, 0.2) is 11.2 Å². The molecular formula is C21H17FN4O2. The highest BCUT2D eigenvalue weighted by Crippen LogP contribution is 2.15. The van der Waals surface area contributed by atoms with Crippen molar-refractivity contribution in [2.24, 2.45) is 0 Å². The van der Waals surface area contributed by atoms with E-state index in [-0.39, 0.29) is 30.1 Å². The fourth-order valence-corrected chi connectivity index (χ4v) is 3.23. The Morgan fingerprint density at radius 2 is 1.86 bits per heavy atom. The Morgan fingerprint density at radius 3 is 2.57 bits per heavy atom. The lowest BCUT2D eigenvalue weighted by Crippen LogP contribution is -2.39. The van der Waals surface area contributed by atoms with Gasteiger partial charge in [0.05, 0.1) is 12.0 Å². The molecule has 0 aliphatic rings. The highest BCUT2D eigenvalue weighted by atomic mass is 19.1. The normalized spacial score (nSPS) is 11.0. The number of para-hydroxylation sites is 1. The summed E-state index contributed by atoms with van der Waals surface area (Å²) >= 11 is 0. The minimum atomic E-state index is -0.486. The Labute approximate surface area is 159 Å². The number of nitrogens with zero attached hydrogens (tertiary/aromatic N) is 4. The molecule has 0 atom stereocenters. The van der Waals surface area contributed by atoms with Crippen LogP contribution in [0.1, 0.15) is 5.56 Å². The first-order chi connectivity index (χ1) is 13.6. The molecule has 0 spiro atoms. The fraction of sp³-hybridized carbons (Fsp3) is 0.0952. The molecule has 0 saturated heterocycles. The van der Waals surface area contributed by atoms with E-state index in [4.69, 9.17) is 0 Å². The molecule has 140 valence electrons. The Bertz CT molecular complexity index is 1290. The first-order valence-electron chi connectivity index (χ1n) is 8.71. The van der Waals surface area contributed by atoms with Gasteiger partial charge in [-0.3, -0.25) is 9.36 Å². The summed E-state index contributed by atoms with van der Waals surface area (Å²) in [5.74, 6) is -0.354. The van der Waals surface area contributed by atoms with Crippen LogP contribution in [0, 0.1) is 5.82 Å². The molecular weight excluding hydrogens is 359 g/mol. The maximum Gasteiger partial charge on any atom is 0.337 e. The van der Waals surface area contributed by atoms with Gasteiger partial charge in [0.25, 0.3) is 5.56 Å². The van der Waals surface area contributed by atoms with Crippen molar-refractivity contribution in [1.29, 1.82) is 0 Å². The topological polar surface area (TPSA) is 61.8 Å². The molecule has 2 aromatic carbocycles. The van der Waals surface area contributed by atoms with Gasteiger partial charge in [-0.1, -0.05) is 36.4 Å². The van der Waals surface area contributed by atoms with E-state index in [9.17, 15) is 14.0 Å². The Kier molecular flexibility index (Phi) is 4.49. The van der Waals surface area contributed by atoms with Crippen LogP contribution in [0.2, 0.25) is 0 Å². The third-order valence-electron chi connectivity index (χ3n) is 4.47. The summed E-state index contributed by atoms with van der Waals surface area (Å²) in [4.78, 5) is 30.3. The zero-order valence-electron chi connectivity index (χ0n) is 15.0. The van der Waals surface area contributed by atoms with Gasteiger partial charge in [-0.2, -0.15) is 0 Å². The van der Waals surface area contributed by atoms with E-state index < -0.39 is 11.2 Å². The maximum absolute atomic E-state index is 13.5. The van der Waals surface area contributed by atoms with E-state index in [1.54, 1.807) is 41.0 Å². The van der Waals surface area contributed by atoms with Crippen LogP contribution in [-0.4, -0.2) is 18.7 Å². The van der Waals surface area contributed by atoms with Crippen LogP contribution in [-0.2, 0) is 13.1 Å². The zero-order valence-corrected chi connectivity index (χ0v) is 15.0. The van der Waals surface area contributed by atoms with Gasteiger partial charge in [0, 0.05) is 13.1 Å². The lowest BCUT2D eigenvalue weighted by Gasteiger charge is -2.11. The molecule has 0 saturated carbocycles. The summed E-state index contributed by atoms with van der Waals surface area (Å²) in [6, 6.07) is 15.1. The molecule has 0 radical (unpaired) electrons. The average Bonchev–Trinajstić information content (AvgIpc) is 3.09.